The van der Waals surface area contributed by atoms with Crippen LogP contribution in [-0.2, 0) is 6.42 Å². The first kappa shape index (κ1) is 8.93. The topological polar surface area (TPSA) is 12.0 Å². The van der Waals surface area contributed by atoms with Crippen molar-refractivity contribution in [3.8, 4) is 0 Å². The van der Waals surface area contributed by atoms with Crippen LogP contribution in [0, 0.1) is 12.8 Å². The summed E-state index contributed by atoms with van der Waals surface area (Å²) in [5.74, 6) is 0.974. The van der Waals surface area contributed by atoms with Gasteiger partial charge in [0.05, 0.1) is 0 Å². The summed E-state index contributed by atoms with van der Waals surface area (Å²) in [4.78, 5) is 1.56. The molecule has 1 aliphatic heterocycles. The van der Waals surface area contributed by atoms with E-state index in [1.165, 1.54) is 31.2 Å². The van der Waals surface area contributed by atoms with Crippen molar-refractivity contribution in [2.75, 3.05) is 0 Å². The number of nitrogens with one attached hydrogen (secondary N) is 1. The molecule has 3 atom stereocenters. The molecule has 3 unspecified atom stereocenters. The minimum atomic E-state index is 0.784. The molecule has 1 saturated heterocycles. The van der Waals surface area contributed by atoms with E-state index in [-0.39, 0.29) is 0 Å². The Morgan fingerprint density at radius 3 is 3.00 bits per heavy atom. The van der Waals surface area contributed by atoms with Crippen molar-refractivity contribution < 1.29 is 0 Å². The minimum absolute atomic E-state index is 0.784. The first-order chi connectivity index (χ1) is 6.81. The molecule has 1 nitrogen and oxygen atoms in total. The van der Waals surface area contributed by atoms with Crippen molar-refractivity contribution in [1.82, 2.24) is 5.32 Å². The van der Waals surface area contributed by atoms with Gasteiger partial charge in [-0.25, -0.2) is 0 Å². The molecule has 2 aliphatic rings. The molecular weight excluding hydrogens is 190 g/mol. The molecule has 0 aromatic carbocycles. The van der Waals surface area contributed by atoms with Gasteiger partial charge in [0.2, 0.25) is 0 Å². The van der Waals surface area contributed by atoms with Crippen LogP contribution < -0.4 is 5.32 Å². The summed E-state index contributed by atoms with van der Waals surface area (Å²) in [6.45, 7) is 2.19. The van der Waals surface area contributed by atoms with Gasteiger partial charge in [0.25, 0.3) is 0 Å². The summed E-state index contributed by atoms with van der Waals surface area (Å²) in [5.41, 5.74) is 1.42. The number of fused-ring (bicyclic) bond motifs is 2. The first-order valence-corrected chi connectivity index (χ1v) is 6.49. The van der Waals surface area contributed by atoms with Gasteiger partial charge in [-0.3, -0.25) is 0 Å². The van der Waals surface area contributed by atoms with Crippen LogP contribution in [0.5, 0.6) is 0 Å². The van der Waals surface area contributed by atoms with Crippen molar-refractivity contribution in [1.29, 1.82) is 0 Å². The molecule has 0 amide bonds. The van der Waals surface area contributed by atoms with E-state index >= 15 is 0 Å². The number of piperidine rings is 1. The lowest BCUT2D eigenvalue weighted by molar-refractivity contribution is 0.381. The molecule has 2 fully saturated rings. The second-order valence-electron chi connectivity index (χ2n) is 4.84. The Morgan fingerprint density at radius 1 is 1.50 bits per heavy atom. The normalized spacial score (nSPS) is 35.4. The van der Waals surface area contributed by atoms with E-state index in [4.69, 9.17) is 0 Å². The maximum absolute atomic E-state index is 3.75. The number of hydrogen-bond acceptors (Lipinski definition) is 2. The van der Waals surface area contributed by atoms with Crippen molar-refractivity contribution in [2.45, 2.75) is 44.7 Å². The van der Waals surface area contributed by atoms with Crippen LogP contribution in [0.3, 0.4) is 0 Å². The highest BCUT2D eigenvalue weighted by Crippen LogP contribution is 2.36. The fourth-order valence-electron chi connectivity index (χ4n) is 3.01. The molecule has 3 rings (SSSR count). The monoisotopic (exact) mass is 207 g/mol. The third kappa shape index (κ3) is 1.51. The lowest BCUT2D eigenvalue weighted by Gasteiger charge is -2.22. The van der Waals surface area contributed by atoms with E-state index < -0.39 is 0 Å². The van der Waals surface area contributed by atoms with Crippen LogP contribution in [0.25, 0.3) is 0 Å². The predicted octanol–water partition coefficient (Wildman–Crippen LogP) is 2.74. The van der Waals surface area contributed by atoms with Crippen LogP contribution in [0.15, 0.2) is 11.4 Å². The van der Waals surface area contributed by atoms with Crippen LogP contribution in [-0.4, -0.2) is 12.1 Å². The summed E-state index contributed by atoms with van der Waals surface area (Å²) in [6, 6.07) is 3.98. The van der Waals surface area contributed by atoms with Crippen molar-refractivity contribution in [3.05, 3.63) is 21.9 Å². The fourth-order valence-corrected chi connectivity index (χ4v) is 3.95. The lowest BCUT2D eigenvalue weighted by atomic mass is 9.96. The third-order valence-electron chi connectivity index (χ3n) is 3.70. The van der Waals surface area contributed by atoms with Gasteiger partial charge in [-0.2, -0.15) is 0 Å². The van der Waals surface area contributed by atoms with Gasteiger partial charge < -0.3 is 5.32 Å². The van der Waals surface area contributed by atoms with Gasteiger partial charge in [0, 0.05) is 17.0 Å². The molecule has 0 spiro atoms. The van der Waals surface area contributed by atoms with E-state index in [2.05, 4.69) is 23.7 Å². The van der Waals surface area contributed by atoms with Gasteiger partial charge in [-0.05, 0) is 55.5 Å². The maximum atomic E-state index is 3.75. The maximum Gasteiger partial charge on any atom is 0.0147 e. The van der Waals surface area contributed by atoms with Crippen molar-refractivity contribution in [3.63, 3.8) is 0 Å². The average molecular weight is 207 g/mol. The Bertz CT molecular complexity index is 331. The Morgan fingerprint density at radius 2 is 2.43 bits per heavy atom. The predicted molar refractivity (Wildman–Crippen MR) is 60.8 cm³/mol. The first-order valence-electron chi connectivity index (χ1n) is 5.61. The zero-order valence-electron chi connectivity index (χ0n) is 8.62. The molecule has 76 valence electrons. The number of rotatable bonds is 2. The van der Waals surface area contributed by atoms with Crippen LogP contribution >= 0.6 is 11.3 Å². The van der Waals surface area contributed by atoms with Crippen LogP contribution in [0.4, 0.5) is 0 Å². The second kappa shape index (κ2) is 3.35. The zero-order chi connectivity index (χ0) is 9.54. The Kier molecular flexibility index (Phi) is 2.14. The molecule has 1 N–H and O–H groups in total. The average Bonchev–Trinajstić information content (AvgIpc) is 2.82. The molecule has 2 bridgehead atoms. The molecule has 2 heterocycles. The van der Waals surface area contributed by atoms with Crippen molar-refractivity contribution >= 4 is 11.3 Å². The molecule has 1 aromatic heterocycles. The summed E-state index contributed by atoms with van der Waals surface area (Å²) < 4.78 is 0. The highest BCUT2D eigenvalue weighted by atomic mass is 32.1. The summed E-state index contributed by atoms with van der Waals surface area (Å²) in [5, 5.41) is 6.02. The zero-order valence-corrected chi connectivity index (χ0v) is 9.44. The third-order valence-corrected chi connectivity index (χ3v) is 4.77. The smallest absolute Gasteiger partial charge is 0.0147 e. The van der Waals surface area contributed by atoms with Gasteiger partial charge in [0.1, 0.15) is 0 Å². The van der Waals surface area contributed by atoms with Crippen LogP contribution in [0.2, 0.25) is 0 Å². The molecule has 0 radical (unpaired) electrons. The van der Waals surface area contributed by atoms with Gasteiger partial charge in [-0.1, -0.05) is 0 Å². The van der Waals surface area contributed by atoms with Gasteiger partial charge in [-0.15, -0.1) is 11.3 Å². The number of aryl methyl sites for hydroxylation is 1. The standard InChI is InChI=1S/C12H17NS/c1-8-4-11(14-7-8)6-12-9-2-3-10(5-9)13-12/h4,7,9-10,12-13H,2-3,5-6H2,1H3. The Labute approximate surface area is 89.5 Å². The van der Waals surface area contributed by atoms with E-state index in [9.17, 15) is 0 Å². The largest absolute Gasteiger partial charge is 0.311 e. The Balaban J connectivity index is 1.68. The lowest BCUT2D eigenvalue weighted by Crippen LogP contribution is -2.36. The van der Waals surface area contributed by atoms with E-state index in [0.29, 0.717) is 0 Å². The van der Waals surface area contributed by atoms with E-state index in [1.54, 1.807) is 4.88 Å². The van der Waals surface area contributed by atoms with Crippen molar-refractivity contribution in [2.24, 2.45) is 5.92 Å². The highest BCUT2D eigenvalue weighted by molar-refractivity contribution is 7.10. The molecule has 2 heteroatoms. The molecule has 1 saturated carbocycles. The molecule has 1 aromatic rings. The van der Waals surface area contributed by atoms with Gasteiger partial charge in [0.15, 0.2) is 0 Å². The summed E-state index contributed by atoms with van der Waals surface area (Å²) >= 11 is 1.92. The SMILES string of the molecule is Cc1csc(CC2NC3CCC2C3)c1. The van der Waals surface area contributed by atoms with E-state index in [0.717, 1.165) is 18.0 Å². The second-order valence-corrected chi connectivity index (χ2v) is 5.83. The number of thiophene rings is 1. The summed E-state index contributed by atoms with van der Waals surface area (Å²) in [6.07, 6.45) is 5.59. The molecular formula is C12H17NS. The Hall–Kier alpha value is -0.340. The van der Waals surface area contributed by atoms with Crippen LogP contribution in [0.1, 0.15) is 29.7 Å². The molecule has 1 aliphatic carbocycles. The fraction of sp³-hybridized carbons (Fsp3) is 0.667. The van der Waals surface area contributed by atoms with E-state index in [1.807, 2.05) is 11.3 Å². The summed E-state index contributed by atoms with van der Waals surface area (Å²) in [7, 11) is 0. The van der Waals surface area contributed by atoms with Gasteiger partial charge >= 0.3 is 0 Å². The highest BCUT2D eigenvalue weighted by Gasteiger charge is 2.38. The minimum Gasteiger partial charge on any atom is -0.311 e. The molecule has 14 heavy (non-hydrogen) atoms. The quantitative estimate of drug-likeness (QED) is 0.786. The number of hydrogen-bond donors (Lipinski definition) is 1.